The summed E-state index contributed by atoms with van der Waals surface area (Å²) in [7, 11) is 0. The maximum atomic E-state index is 12.3. The minimum Gasteiger partial charge on any atom is -0.506 e. The Hall–Kier alpha value is -3.38. The number of hydrogen-bond acceptors (Lipinski definition) is 4. The number of hydrogen-bond donors (Lipinski definition) is 2. The molecule has 0 bridgehead atoms. The van der Waals surface area contributed by atoms with Crippen molar-refractivity contribution in [1.82, 2.24) is 10.3 Å². The van der Waals surface area contributed by atoms with Crippen LogP contribution in [0.15, 0.2) is 59.7 Å². The Labute approximate surface area is 191 Å². The van der Waals surface area contributed by atoms with Crippen LogP contribution < -0.4 is 5.43 Å². The summed E-state index contributed by atoms with van der Waals surface area (Å²) in [4.78, 5) is 26.3. The van der Waals surface area contributed by atoms with Crippen LogP contribution in [0.25, 0.3) is 10.8 Å². The molecule has 6 nitrogen and oxygen atoms in total. The average molecular weight is 450 g/mol. The molecule has 3 aromatic rings. The van der Waals surface area contributed by atoms with Gasteiger partial charge < -0.3 is 10.0 Å². The largest absolute Gasteiger partial charge is 0.506 e. The van der Waals surface area contributed by atoms with E-state index in [-0.39, 0.29) is 16.7 Å². The number of benzene rings is 3. The van der Waals surface area contributed by atoms with Crippen molar-refractivity contribution in [2.75, 3.05) is 6.54 Å². The number of nitrogens with zero attached hydrogens (tertiary/aromatic N) is 2. The number of hydrazone groups is 1. The summed E-state index contributed by atoms with van der Waals surface area (Å²) in [5, 5.41) is 15.7. The van der Waals surface area contributed by atoms with Crippen LogP contribution in [0, 0.1) is 5.92 Å². The number of phenolic OH excluding ortho intramolecular Hbond substituents is 1. The van der Waals surface area contributed by atoms with Gasteiger partial charge in [0.15, 0.2) is 0 Å². The SMILES string of the molecule is CC(=O)N(Cc1ccc(/C=N/NC(=O)c2ccc(O)c(Cl)c2)c2ccccc12)CC1CC1. The highest BCUT2D eigenvalue weighted by molar-refractivity contribution is 6.32. The summed E-state index contributed by atoms with van der Waals surface area (Å²) < 4.78 is 0. The third-order valence-corrected chi connectivity index (χ3v) is 5.91. The summed E-state index contributed by atoms with van der Waals surface area (Å²) in [5.41, 5.74) is 4.71. The normalized spacial score (nSPS) is 13.4. The number of phenols is 1. The highest BCUT2D eigenvalue weighted by Crippen LogP contribution is 2.31. The molecule has 0 radical (unpaired) electrons. The first-order valence-electron chi connectivity index (χ1n) is 10.5. The van der Waals surface area contributed by atoms with Gasteiger partial charge in [0.2, 0.25) is 5.91 Å². The van der Waals surface area contributed by atoms with Crippen LogP contribution in [-0.4, -0.2) is 34.6 Å². The summed E-state index contributed by atoms with van der Waals surface area (Å²) in [6, 6.07) is 16.1. The lowest BCUT2D eigenvalue weighted by molar-refractivity contribution is -0.129. The Morgan fingerprint density at radius 1 is 1.16 bits per heavy atom. The summed E-state index contributed by atoms with van der Waals surface area (Å²) in [5.74, 6) is 0.201. The molecule has 1 aliphatic carbocycles. The van der Waals surface area contributed by atoms with Crippen LogP contribution in [-0.2, 0) is 11.3 Å². The topological polar surface area (TPSA) is 82.0 Å². The van der Waals surface area contributed by atoms with Crippen molar-refractivity contribution in [2.24, 2.45) is 11.0 Å². The van der Waals surface area contributed by atoms with Gasteiger partial charge in [-0.05, 0) is 53.3 Å². The van der Waals surface area contributed by atoms with Crippen molar-refractivity contribution in [3.05, 3.63) is 76.3 Å². The van der Waals surface area contributed by atoms with Gasteiger partial charge in [0.05, 0.1) is 11.2 Å². The van der Waals surface area contributed by atoms with Crippen LogP contribution >= 0.6 is 11.6 Å². The van der Waals surface area contributed by atoms with Crippen LogP contribution in [0.3, 0.4) is 0 Å². The molecule has 3 aromatic carbocycles. The van der Waals surface area contributed by atoms with E-state index in [1.54, 1.807) is 13.1 Å². The molecule has 0 aromatic heterocycles. The Kier molecular flexibility index (Phi) is 6.42. The van der Waals surface area contributed by atoms with Crippen molar-refractivity contribution >= 4 is 40.4 Å². The third-order valence-electron chi connectivity index (χ3n) is 5.61. The lowest BCUT2D eigenvalue weighted by Crippen LogP contribution is -2.30. The van der Waals surface area contributed by atoms with Crippen molar-refractivity contribution < 1.29 is 14.7 Å². The van der Waals surface area contributed by atoms with Gasteiger partial charge in [0.1, 0.15) is 5.75 Å². The second-order valence-electron chi connectivity index (χ2n) is 8.07. The van der Waals surface area contributed by atoms with E-state index in [9.17, 15) is 14.7 Å². The summed E-state index contributed by atoms with van der Waals surface area (Å²) in [6.45, 7) is 3.00. The van der Waals surface area contributed by atoms with Crippen LogP contribution in [0.4, 0.5) is 0 Å². The number of aromatic hydroxyl groups is 1. The first-order valence-corrected chi connectivity index (χ1v) is 10.9. The molecule has 7 heteroatoms. The van der Waals surface area contributed by atoms with E-state index in [0.717, 1.165) is 28.4 Å². The maximum absolute atomic E-state index is 12.3. The van der Waals surface area contributed by atoms with Gasteiger partial charge >= 0.3 is 0 Å². The van der Waals surface area contributed by atoms with E-state index < -0.39 is 5.91 Å². The molecule has 1 saturated carbocycles. The molecular formula is C25H24ClN3O3. The minimum absolute atomic E-state index is 0.0845. The molecule has 1 fully saturated rings. The molecule has 0 unspecified atom stereocenters. The fraction of sp³-hybridized carbons (Fsp3) is 0.240. The molecule has 0 aliphatic heterocycles. The predicted molar refractivity (Wildman–Crippen MR) is 126 cm³/mol. The zero-order valence-electron chi connectivity index (χ0n) is 17.7. The van der Waals surface area contributed by atoms with Crippen molar-refractivity contribution in [3.63, 3.8) is 0 Å². The first-order chi connectivity index (χ1) is 15.4. The second kappa shape index (κ2) is 9.40. The van der Waals surface area contributed by atoms with E-state index in [4.69, 9.17) is 11.6 Å². The molecule has 4 rings (SSSR count). The number of carbonyl (C=O) groups is 2. The highest BCUT2D eigenvalue weighted by atomic mass is 35.5. The number of amides is 2. The number of nitrogens with one attached hydrogen (secondary N) is 1. The van der Waals surface area contributed by atoms with Gasteiger partial charge in [-0.3, -0.25) is 9.59 Å². The van der Waals surface area contributed by atoms with E-state index in [2.05, 4.69) is 10.5 Å². The molecule has 2 N–H and O–H groups in total. The third kappa shape index (κ3) is 5.08. The number of carbonyl (C=O) groups excluding carboxylic acids is 2. The standard InChI is InChI=1S/C25H24ClN3O3/c1-16(30)29(14-17-6-7-17)15-20-9-8-19(21-4-2-3-5-22(20)21)13-27-28-25(32)18-10-11-24(31)23(26)12-18/h2-5,8-13,17,31H,6-7,14-15H2,1H3,(H,28,32)/b27-13+. The monoisotopic (exact) mass is 449 g/mol. The lowest BCUT2D eigenvalue weighted by atomic mass is 9.99. The van der Waals surface area contributed by atoms with Crippen molar-refractivity contribution in [1.29, 1.82) is 0 Å². The molecule has 2 amide bonds. The second-order valence-corrected chi connectivity index (χ2v) is 8.47. The van der Waals surface area contributed by atoms with Crippen molar-refractivity contribution in [2.45, 2.75) is 26.3 Å². The molecule has 164 valence electrons. The van der Waals surface area contributed by atoms with E-state index >= 15 is 0 Å². The van der Waals surface area contributed by atoms with E-state index in [1.165, 1.54) is 31.0 Å². The zero-order chi connectivity index (χ0) is 22.7. The average Bonchev–Trinajstić information content (AvgIpc) is 3.60. The Bertz CT molecular complexity index is 1200. The van der Waals surface area contributed by atoms with Gasteiger partial charge in [-0.1, -0.05) is 48.0 Å². The lowest BCUT2D eigenvalue weighted by Gasteiger charge is -2.22. The van der Waals surface area contributed by atoms with E-state index in [1.807, 2.05) is 41.3 Å². The summed E-state index contributed by atoms with van der Waals surface area (Å²) >= 11 is 5.86. The molecule has 0 heterocycles. The van der Waals surface area contributed by atoms with Crippen LogP contribution in [0.2, 0.25) is 5.02 Å². The fourth-order valence-corrected chi connectivity index (χ4v) is 3.81. The van der Waals surface area contributed by atoms with Gasteiger partial charge in [0.25, 0.3) is 5.91 Å². The van der Waals surface area contributed by atoms with Gasteiger partial charge in [-0.2, -0.15) is 5.10 Å². The van der Waals surface area contributed by atoms with Crippen molar-refractivity contribution in [3.8, 4) is 5.75 Å². The Balaban J connectivity index is 1.53. The summed E-state index contributed by atoms with van der Waals surface area (Å²) in [6.07, 6.45) is 3.99. The minimum atomic E-state index is -0.429. The Morgan fingerprint density at radius 3 is 2.59 bits per heavy atom. The first kappa shape index (κ1) is 21.8. The smallest absolute Gasteiger partial charge is 0.271 e. The van der Waals surface area contributed by atoms with Crippen LogP contribution in [0.1, 0.15) is 41.3 Å². The zero-order valence-corrected chi connectivity index (χ0v) is 18.5. The molecule has 0 atom stereocenters. The molecular weight excluding hydrogens is 426 g/mol. The number of halogens is 1. The molecule has 32 heavy (non-hydrogen) atoms. The quantitative estimate of drug-likeness (QED) is 0.404. The number of rotatable bonds is 7. The van der Waals surface area contributed by atoms with Crippen LogP contribution in [0.5, 0.6) is 5.75 Å². The van der Waals surface area contributed by atoms with Gasteiger partial charge in [-0.15, -0.1) is 0 Å². The number of fused-ring (bicyclic) bond motifs is 1. The Morgan fingerprint density at radius 2 is 1.91 bits per heavy atom. The molecule has 0 spiro atoms. The van der Waals surface area contributed by atoms with Gasteiger partial charge in [0, 0.05) is 31.1 Å². The fourth-order valence-electron chi connectivity index (χ4n) is 3.63. The molecule has 0 saturated heterocycles. The van der Waals surface area contributed by atoms with Gasteiger partial charge in [-0.25, -0.2) is 5.43 Å². The maximum Gasteiger partial charge on any atom is 0.271 e. The molecule has 1 aliphatic rings. The highest BCUT2D eigenvalue weighted by Gasteiger charge is 2.25. The van der Waals surface area contributed by atoms with E-state index in [0.29, 0.717) is 18.0 Å². The predicted octanol–water partition coefficient (Wildman–Crippen LogP) is 4.72.